The highest BCUT2D eigenvalue weighted by Crippen LogP contribution is 2.39. The Morgan fingerprint density at radius 1 is 1.15 bits per heavy atom. The molecule has 2 aromatic carbocycles. The Balaban J connectivity index is 1.57. The number of aliphatic carboxylic acids is 1. The number of rotatable bonds is 13. The van der Waals surface area contributed by atoms with Gasteiger partial charge in [-0.05, 0) is 46.8 Å². The highest BCUT2D eigenvalue weighted by atomic mass is 35.5. The minimum Gasteiger partial charge on any atom is -0.497 e. The number of halogens is 2. The van der Waals surface area contributed by atoms with Crippen LogP contribution < -0.4 is 15.0 Å². The number of anilines is 1. The molecular formula is C24H26Cl2N6O6S. The Morgan fingerprint density at radius 2 is 1.82 bits per heavy atom. The van der Waals surface area contributed by atoms with Crippen LogP contribution in [-0.2, 0) is 27.3 Å². The molecule has 208 valence electrons. The van der Waals surface area contributed by atoms with Crippen LogP contribution in [0.4, 0.5) is 10.5 Å². The van der Waals surface area contributed by atoms with E-state index in [1.54, 1.807) is 31.4 Å². The Bertz CT molecular complexity index is 1300. The number of carbonyl (C=O) groups is 3. The summed E-state index contributed by atoms with van der Waals surface area (Å²) in [5.41, 5.74) is 1.72. The second-order valence-corrected chi connectivity index (χ2v) is 10.1. The number of hydrogen-bond donors (Lipinski definition) is 2. The first-order chi connectivity index (χ1) is 18.5. The zero-order valence-electron chi connectivity index (χ0n) is 21.3. The van der Waals surface area contributed by atoms with Gasteiger partial charge in [-0.3, -0.25) is 9.59 Å². The lowest BCUT2D eigenvalue weighted by atomic mass is 10.1. The molecule has 0 aliphatic rings. The van der Waals surface area contributed by atoms with Crippen LogP contribution in [-0.4, -0.2) is 77.0 Å². The summed E-state index contributed by atoms with van der Waals surface area (Å²) in [7, 11) is 5.27. The van der Waals surface area contributed by atoms with Crippen molar-refractivity contribution in [2.75, 3.05) is 32.7 Å². The lowest BCUT2D eigenvalue weighted by Crippen LogP contribution is -2.44. The van der Waals surface area contributed by atoms with E-state index in [0.29, 0.717) is 27.1 Å². The summed E-state index contributed by atoms with van der Waals surface area (Å²) in [5, 5.41) is 24.3. The largest absolute Gasteiger partial charge is 0.497 e. The molecule has 3 rings (SSSR count). The number of methoxy groups -OCH3 is 1. The summed E-state index contributed by atoms with van der Waals surface area (Å²) < 4.78 is 10.2. The normalized spacial score (nSPS) is 11.5. The van der Waals surface area contributed by atoms with Crippen LogP contribution >= 0.6 is 35.0 Å². The predicted molar refractivity (Wildman–Crippen MR) is 145 cm³/mol. The zero-order chi connectivity index (χ0) is 28.5. The monoisotopic (exact) mass is 596 g/mol. The van der Waals surface area contributed by atoms with Crippen molar-refractivity contribution in [1.29, 1.82) is 0 Å². The molecule has 1 aromatic heterocycles. The van der Waals surface area contributed by atoms with Crippen LogP contribution in [0.1, 0.15) is 12.0 Å². The van der Waals surface area contributed by atoms with Crippen LogP contribution in [0, 0.1) is 0 Å². The molecular weight excluding hydrogens is 571 g/mol. The number of ketones is 1. The van der Waals surface area contributed by atoms with E-state index in [1.807, 2.05) is 31.1 Å². The number of alkyl carbamates (subject to hydrolysis) is 1. The van der Waals surface area contributed by atoms with Gasteiger partial charge in [0.2, 0.25) is 5.16 Å². The van der Waals surface area contributed by atoms with Crippen molar-refractivity contribution >= 4 is 58.5 Å². The summed E-state index contributed by atoms with van der Waals surface area (Å²) in [6.45, 7) is -0.406. The lowest BCUT2D eigenvalue weighted by Gasteiger charge is -2.15. The van der Waals surface area contributed by atoms with E-state index in [9.17, 15) is 19.5 Å². The third-order valence-electron chi connectivity index (χ3n) is 5.27. The lowest BCUT2D eigenvalue weighted by molar-refractivity contribution is -0.139. The van der Waals surface area contributed by atoms with E-state index >= 15 is 0 Å². The van der Waals surface area contributed by atoms with Crippen LogP contribution in [0.25, 0.3) is 0 Å². The first kappa shape index (κ1) is 30.0. The Labute approximate surface area is 238 Å². The Morgan fingerprint density at radius 3 is 2.41 bits per heavy atom. The third-order valence-corrected chi connectivity index (χ3v) is 7.08. The molecule has 15 heteroatoms. The van der Waals surface area contributed by atoms with E-state index in [4.69, 9.17) is 32.7 Å². The molecule has 0 bridgehead atoms. The molecule has 2 N–H and O–H groups in total. The number of amides is 1. The van der Waals surface area contributed by atoms with Gasteiger partial charge in [-0.1, -0.05) is 35.3 Å². The standard InChI is InChI=1S/C24H26Cl2N6O6S/c1-31(2)15-10-17(25)22(18(26)11-15)39-23-28-30-32(29-23)13-20(33)19(12-21(34)35)27-24(36)38-9-8-14-4-6-16(37-3)7-5-14/h4-7,10-11,19H,8-9,12-13H2,1-3H3,(H,27,36)(H,34,35). The molecule has 0 fully saturated rings. The summed E-state index contributed by atoms with van der Waals surface area (Å²) in [6, 6.07) is 9.33. The van der Waals surface area contributed by atoms with Gasteiger partial charge in [0.15, 0.2) is 5.78 Å². The van der Waals surface area contributed by atoms with Gasteiger partial charge < -0.3 is 24.8 Å². The van der Waals surface area contributed by atoms with Gasteiger partial charge in [0.05, 0.1) is 35.1 Å². The molecule has 1 heterocycles. The second-order valence-electron chi connectivity index (χ2n) is 8.33. The van der Waals surface area contributed by atoms with E-state index in [2.05, 4.69) is 20.7 Å². The molecule has 0 radical (unpaired) electrons. The smallest absolute Gasteiger partial charge is 0.407 e. The zero-order valence-corrected chi connectivity index (χ0v) is 23.6. The molecule has 1 unspecified atom stereocenters. The van der Waals surface area contributed by atoms with Gasteiger partial charge in [-0.25, -0.2) is 4.79 Å². The number of nitrogens with one attached hydrogen (secondary N) is 1. The van der Waals surface area contributed by atoms with Crippen molar-refractivity contribution in [2.45, 2.75) is 35.5 Å². The van der Waals surface area contributed by atoms with Crippen molar-refractivity contribution in [3.63, 3.8) is 0 Å². The summed E-state index contributed by atoms with van der Waals surface area (Å²) in [5.74, 6) is -1.23. The van der Waals surface area contributed by atoms with E-state index in [0.717, 1.165) is 27.8 Å². The average molecular weight is 597 g/mol. The molecule has 1 atom stereocenters. The van der Waals surface area contributed by atoms with E-state index in [1.165, 1.54) is 0 Å². The van der Waals surface area contributed by atoms with Gasteiger partial charge in [-0.2, -0.15) is 4.80 Å². The fraction of sp³-hybridized carbons (Fsp3) is 0.333. The van der Waals surface area contributed by atoms with Crippen molar-refractivity contribution in [3.8, 4) is 5.75 Å². The second kappa shape index (κ2) is 14.0. The van der Waals surface area contributed by atoms with E-state index in [-0.39, 0.29) is 11.8 Å². The fourth-order valence-corrected chi connectivity index (χ4v) is 4.65. The SMILES string of the molecule is COc1ccc(CCOC(=O)NC(CC(=O)O)C(=O)Cn2nnc(Sc3c(Cl)cc(N(C)C)cc3Cl)n2)cc1. The molecule has 39 heavy (non-hydrogen) atoms. The molecule has 0 saturated carbocycles. The van der Waals surface area contributed by atoms with Gasteiger partial charge in [0.1, 0.15) is 18.3 Å². The molecule has 0 aliphatic carbocycles. The van der Waals surface area contributed by atoms with Crippen molar-refractivity contribution in [1.82, 2.24) is 25.5 Å². The molecule has 1 amide bonds. The van der Waals surface area contributed by atoms with Crippen LogP contribution in [0.15, 0.2) is 46.5 Å². The number of carbonyl (C=O) groups excluding carboxylic acids is 2. The number of Topliss-reactive ketones (excluding diaryl/α,β-unsaturated/α-hetero) is 1. The number of hydrogen-bond acceptors (Lipinski definition) is 10. The van der Waals surface area contributed by atoms with Crippen LogP contribution in [0.2, 0.25) is 10.0 Å². The minimum absolute atomic E-state index is 0.0258. The van der Waals surface area contributed by atoms with Crippen molar-refractivity contribution in [3.05, 3.63) is 52.0 Å². The van der Waals surface area contributed by atoms with Crippen LogP contribution in [0.3, 0.4) is 0 Å². The van der Waals surface area contributed by atoms with Crippen molar-refractivity contribution < 1.29 is 29.0 Å². The number of tetrazole rings is 1. The van der Waals surface area contributed by atoms with Gasteiger partial charge in [0, 0.05) is 26.2 Å². The number of aromatic nitrogens is 4. The molecule has 3 aromatic rings. The Kier molecular flexibility index (Phi) is 10.8. The van der Waals surface area contributed by atoms with E-state index < -0.39 is 36.9 Å². The summed E-state index contributed by atoms with van der Waals surface area (Å²) in [4.78, 5) is 39.7. The molecule has 0 aliphatic heterocycles. The topological polar surface area (TPSA) is 149 Å². The quantitative estimate of drug-likeness (QED) is 0.298. The van der Waals surface area contributed by atoms with Gasteiger partial charge >= 0.3 is 12.1 Å². The summed E-state index contributed by atoms with van der Waals surface area (Å²) >= 11 is 13.8. The number of ether oxygens (including phenoxy) is 2. The first-order valence-corrected chi connectivity index (χ1v) is 13.1. The molecule has 0 spiro atoms. The number of nitrogens with zero attached hydrogens (tertiary/aromatic N) is 5. The highest BCUT2D eigenvalue weighted by Gasteiger charge is 2.25. The minimum atomic E-state index is -1.36. The average Bonchev–Trinajstić information content (AvgIpc) is 3.32. The maximum atomic E-state index is 12.8. The predicted octanol–water partition coefficient (Wildman–Crippen LogP) is 3.59. The van der Waals surface area contributed by atoms with Gasteiger partial charge in [0.25, 0.3) is 0 Å². The maximum Gasteiger partial charge on any atom is 0.407 e. The third kappa shape index (κ3) is 9.01. The van der Waals surface area contributed by atoms with Crippen LogP contribution in [0.5, 0.6) is 5.75 Å². The fourth-order valence-electron chi connectivity index (χ4n) is 3.24. The Hall–Kier alpha value is -3.55. The number of carboxylic acids is 1. The maximum absolute atomic E-state index is 12.8. The van der Waals surface area contributed by atoms with Gasteiger partial charge in [-0.15, -0.1) is 10.2 Å². The number of benzene rings is 2. The van der Waals surface area contributed by atoms with Crippen molar-refractivity contribution in [2.24, 2.45) is 0 Å². The molecule has 0 saturated heterocycles. The highest BCUT2D eigenvalue weighted by molar-refractivity contribution is 7.99. The number of carboxylic acid groups (broad SMARTS) is 1. The first-order valence-electron chi connectivity index (χ1n) is 11.5. The summed E-state index contributed by atoms with van der Waals surface area (Å²) in [6.07, 6.45) is -1.15. The molecule has 12 nitrogen and oxygen atoms in total.